The van der Waals surface area contributed by atoms with Crippen LogP contribution in [-0.4, -0.2) is 45.9 Å². The monoisotopic (exact) mass is 369 g/mol. The van der Waals surface area contributed by atoms with Crippen molar-refractivity contribution >= 4 is 23.4 Å². The number of anilines is 1. The molecule has 2 saturated heterocycles. The standard InChI is InChI=1S/C20H23N3O4/c1-10(24)16-14-15(18(26)23(17(14)25)11-6-2-3-7-11)20(22-16)12-8-4-5-9-13(12)21-19(20)27/h4-5,8-11,14-16,22,24H,2-3,6-7H2,1H3,(H,21,27)/t10-,14-,15+,16+,20+/m1/s1. The summed E-state index contributed by atoms with van der Waals surface area (Å²) in [6.07, 6.45) is 2.78. The van der Waals surface area contributed by atoms with Gasteiger partial charge in [0.25, 0.3) is 0 Å². The Balaban J connectivity index is 1.66. The Bertz CT molecular complexity index is 847. The predicted octanol–water partition coefficient (Wildman–Crippen LogP) is 0.730. The van der Waals surface area contributed by atoms with Gasteiger partial charge in [-0.15, -0.1) is 0 Å². The number of fused-ring (bicyclic) bond motifs is 4. The zero-order valence-electron chi connectivity index (χ0n) is 15.1. The number of hydrogen-bond donors (Lipinski definition) is 3. The Morgan fingerprint density at radius 2 is 1.85 bits per heavy atom. The first-order valence-electron chi connectivity index (χ1n) is 9.70. The molecule has 3 heterocycles. The van der Waals surface area contributed by atoms with Gasteiger partial charge in [-0.2, -0.15) is 0 Å². The van der Waals surface area contributed by atoms with Gasteiger partial charge in [0, 0.05) is 23.3 Å². The maximum absolute atomic E-state index is 13.5. The van der Waals surface area contributed by atoms with Crippen LogP contribution in [0.4, 0.5) is 5.69 Å². The molecule has 5 atom stereocenters. The Hall–Kier alpha value is -2.25. The number of nitrogens with zero attached hydrogens (tertiary/aromatic N) is 1. The van der Waals surface area contributed by atoms with Crippen LogP contribution in [0.2, 0.25) is 0 Å². The van der Waals surface area contributed by atoms with Crippen molar-refractivity contribution in [1.29, 1.82) is 0 Å². The number of carbonyl (C=O) groups excluding carboxylic acids is 3. The van der Waals surface area contributed by atoms with Crippen LogP contribution in [0.25, 0.3) is 0 Å². The van der Waals surface area contributed by atoms with E-state index in [1.54, 1.807) is 13.0 Å². The lowest BCUT2D eigenvalue weighted by Crippen LogP contribution is -2.55. The summed E-state index contributed by atoms with van der Waals surface area (Å²) in [6, 6.07) is 6.53. The topological polar surface area (TPSA) is 98.7 Å². The van der Waals surface area contributed by atoms with Crippen LogP contribution in [0, 0.1) is 11.8 Å². The minimum atomic E-state index is -1.30. The summed E-state index contributed by atoms with van der Waals surface area (Å²) in [5.41, 5.74) is 0.0327. The lowest BCUT2D eigenvalue weighted by Gasteiger charge is -2.31. The number of imide groups is 1. The number of nitrogens with one attached hydrogen (secondary N) is 2. The van der Waals surface area contributed by atoms with Crippen LogP contribution in [0.3, 0.4) is 0 Å². The van der Waals surface area contributed by atoms with Gasteiger partial charge in [-0.1, -0.05) is 31.0 Å². The van der Waals surface area contributed by atoms with Crippen molar-refractivity contribution in [3.63, 3.8) is 0 Å². The molecule has 1 spiro atoms. The fraction of sp³-hybridized carbons (Fsp3) is 0.550. The second-order valence-electron chi connectivity index (χ2n) is 8.21. The number of amides is 3. The molecule has 0 radical (unpaired) electrons. The number of likely N-dealkylation sites (tertiary alicyclic amines) is 1. The summed E-state index contributed by atoms with van der Waals surface area (Å²) in [5.74, 6) is -2.40. The van der Waals surface area contributed by atoms with Crippen LogP contribution in [0.1, 0.15) is 38.2 Å². The molecule has 4 aliphatic rings. The predicted molar refractivity (Wildman–Crippen MR) is 96.4 cm³/mol. The molecule has 5 rings (SSSR count). The quantitative estimate of drug-likeness (QED) is 0.668. The molecule has 0 bridgehead atoms. The van der Waals surface area contributed by atoms with Crippen molar-refractivity contribution < 1.29 is 19.5 Å². The molecular weight excluding hydrogens is 346 g/mol. The van der Waals surface area contributed by atoms with E-state index >= 15 is 0 Å². The second-order valence-corrected chi connectivity index (χ2v) is 8.21. The van der Waals surface area contributed by atoms with E-state index in [2.05, 4.69) is 10.6 Å². The molecule has 0 unspecified atom stereocenters. The SMILES string of the molecule is C[C@@H](O)[C@@H]1N[C@]2(C(=O)Nc3ccccc32)[C@@H]2C(=O)N(C3CCCC3)C(=O)[C@@H]12. The van der Waals surface area contributed by atoms with Gasteiger partial charge in [0.1, 0.15) is 5.54 Å². The van der Waals surface area contributed by atoms with E-state index in [-0.39, 0.29) is 23.8 Å². The molecule has 3 fully saturated rings. The zero-order valence-corrected chi connectivity index (χ0v) is 15.1. The van der Waals surface area contributed by atoms with Crippen molar-refractivity contribution in [2.45, 2.75) is 56.3 Å². The lowest BCUT2D eigenvalue weighted by molar-refractivity contribution is -0.145. The van der Waals surface area contributed by atoms with Gasteiger partial charge in [-0.3, -0.25) is 24.6 Å². The van der Waals surface area contributed by atoms with Gasteiger partial charge in [-0.25, -0.2) is 0 Å². The fourth-order valence-corrected chi connectivity index (χ4v) is 5.65. The third-order valence-electron chi connectivity index (χ3n) is 6.80. The molecule has 0 aromatic heterocycles. The summed E-state index contributed by atoms with van der Waals surface area (Å²) in [5, 5.41) is 16.4. The van der Waals surface area contributed by atoms with Gasteiger partial charge in [0.2, 0.25) is 17.7 Å². The summed E-state index contributed by atoms with van der Waals surface area (Å²) < 4.78 is 0. The highest BCUT2D eigenvalue weighted by Crippen LogP contribution is 2.54. The molecule has 1 saturated carbocycles. The molecule has 3 aliphatic heterocycles. The molecule has 1 aromatic rings. The van der Waals surface area contributed by atoms with E-state index in [1.165, 1.54) is 4.90 Å². The summed E-state index contributed by atoms with van der Waals surface area (Å²) >= 11 is 0. The van der Waals surface area contributed by atoms with Crippen molar-refractivity contribution in [3.8, 4) is 0 Å². The maximum Gasteiger partial charge on any atom is 0.250 e. The van der Waals surface area contributed by atoms with Gasteiger partial charge in [0.05, 0.1) is 17.9 Å². The molecule has 3 N–H and O–H groups in total. The van der Waals surface area contributed by atoms with Crippen LogP contribution in [0.15, 0.2) is 24.3 Å². The van der Waals surface area contributed by atoms with Gasteiger partial charge >= 0.3 is 0 Å². The Morgan fingerprint density at radius 3 is 2.56 bits per heavy atom. The third-order valence-corrected chi connectivity index (χ3v) is 6.80. The van der Waals surface area contributed by atoms with Gasteiger partial charge < -0.3 is 10.4 Å². The lowest BCUT2D eigenvalue weighted by atomic mass is 9.76. The molecule has 1 aromatic carbocycles. The number of rotatable bonds is 2. The van der Waals surface area contributed by atoms with Gasteiger partial charge in [0.15, 0.2) is 0 Å². The Morgan fingerprint density at radius 1 is 1.15 bits per heavy atom. The van der Waals surface area contributed by atoms with E-state index in [0.29, 0.717) is 11.3 Å². The van der Waals surface area contributed by atoms with Crippen molar-refractivity contribution in [3.05, 3.63) is 29.8 Å². The first kappa shape index (κ1) is 16.9. The van der Waals surface area contributed by atoms with E-state index in [4.69, 9.17) is 0 Å². The minimum Gasteiger partial charge on any atom is -0.392 e. The largest absolute Gasteiger partial charge is 0.392 e. The number of carbonyl (C=O) groups is 3. The highest BCUT2D eigenvalue weighted by atomic mass is 16.3. The van der Waals surface area contributed by atoms with Crippen LogP contribution in [-0.2, 0) is 19.9 Å². The van der Waals surface area contributed by atoms with Crippen LogP contribution >= 0.6 is 0 Å². The van der Waals surface area contributed by atoms with E-state index in [0.717, 1.165) is 25.7 Å². The highest BCUT2D eigenvalue weighted by Gasteiger charge is 2.71. The second kappa shape index (κ2) is 5.62. The fourth-order valence-electron chi connectivity index (χ4n) is 5.65. The van der Waals surface area contributed by atoms with Gasteiger partial charge in [-0.05, 0) is 25.8 Å². The number of aliphatic hydroxyl groups is 1. The molecule has 1 aliphatic carbocycles. The Labute approximate surface area is 157 Å². The maximum atomic E-state index is 13.5. The summed E-state index contributed by atoms with van der Waals surface area (Å²) in [7, 11) is 0. The molecule has 27 heavy (non-hydrogen) atoms. The first-order chi connectivity index (χ1) is 13.0. The smallest absolute Gasteiger partial charge is 0.250 e. The molecule has 7 nitrogen and oxygen atoms in total. The molecule has 142 valence electrons. The number of hydrogen-bond acceptors (Lipinski definition) is 5. The summed E-state index contributed by atoms with van der Waals surface area (Å²) in [6.45, 7) is 1.60. The molecule has 3 amide bonds. The Kier molecular flexibility index (Phi) is 3.52. The van der Waals surface area contributed by atoms with E-state index in [9.17, 15) is 19.5 Å². The minimum absolute atomic E-state index is 0.0815. The van der Waals surface area contributed by atoms with E-state index in [1.807, 2.05) is 18.2 Å². The average molecular weight is 369 g/mol. The number of para-hydroxylation sites is 1. The first-order valence-corrected chi connectivity index (χ1v) is 9.70. The van der Waals surface area contributed by atoms with Crippen molar-refractivity contribution in [1.82, 2.24) is 10.2 Å². The summed E-state index contributed by atoms with van der Waals surface area (Å²) in [4.78, 5) is 41.3. The number of benzene rings is 1. The van der Waals surface area contributed by atoms with E-state index < -0.39 is 29.5 Å². The van der Waals surface area contributed by atoms with Crippen LogP contribution < -0.4 is 10.6 Å². The molecular formula is C20H23N3O4. The number of aliphatic hydroxyl groups excluding tert-OH is 1. The van der Waals surface area contributed by atoms with Crippen molar-refractivity contribution in [2.75, 3.05) is 5.32 Å². The normalized spacial score (nSPS) is 36.4. The van der Waals surface area contributed by atoms with Crippen molar-refractivity contribution in [2.24, 2.45) is 11.8 Å². The van der Waals surface area contributed by atoms with Crippen LogP contribution in [0.5, 0.6) is 0 Å². The molecule has 7 heteroatoms. The highest BCUT2D eigenvalue weighted by molar-refractivity contribution is 6.15. The zero-order chi connectivity index (χ0) is 18.9. The average Bonchev–Trinajstić information content (AvgIpc) is 3.37. The third kappa shape index (κ3) is 2.01.